The molecule has 0 spiro atoms. The average Bonchev–Trinajstić information content (AvgIpc) is 0.808. The van der Waals surface area contributed by atoms with Crippen LogP contribution < -0.4 is 26.6 Å². The minimum absolute atomic E-state index is 0.0592. The van der Waals surface area contributed by atoms with Crippen molar-refractivity contribution in [1.29, 1.82) is 0 Å². The molecule has 1 aliphatic heterocycles. The number of nitrogens with zero attached hydrogens (tertiary/aromatic N) is 7. The van der Waals surface area contributed by atoms with Crippen LogP contribution in [0, 0.1) is 41.4 Å². The maximum atomic E-state index is 15.4. The fourth-order valence-corrected chi connectivity index (χ4v) is 11.9. The maximum absolute atomic E-state index is 15.4. The van der Waals surface area contributed by atoms with Crippen LogP contribution in [-0.2, 0) is 62.3 Å². The Morgan fingerprint density at radius 1 is 0.515 bits per heavy atom. The number of unbranched alkanes of at least 4 members (excludes halogenated alkanes) is 3. The summed E-state index contributed by atoms with van der Waals surface area (Å²) in [6.45, 7) is 30.8. The van der Waals surface area contributed by atoms with Crippen LogP contribution in [0.3, 0.4) is 0 Å². The van der Waals surface area contributed by atoms with Gasteiger partial charge in [0.15, 0.2) is 0 Å². The first kappa shape index (κ1) is 87.9. The summed E-state index contributed by atoms with van der Waals surface area (Å²) in [5, 5.41) is 36.6. The molecular formula is C69H124N12O16. The molecule has 7 N–H and O–H groups in total. The quantitative estimate of drug-likeness (QED) is 0.0634. The molecule has 1 saturated heterocycles. The van der Waals surface area contributed by atoms with Crippen molar-refractivity contribution in [2.75, 3.05) is 62.4 Å². The zero-order valence-corrected chi connectivity index (χ0v) is 63.1. The van der Waals surface area contributed by atoms with Crippen molar-refractivity contribution in [1.82, 2.24) is 60.9 Å². The SMILES string of the molecule is CC[C@@H]1NC(=O)C([C@H](O)[C@H](C)CCCCCCNC(=O)OC(C)(C)C)N(C)C(=O)[C@H](C(C)C)N(C)C(=O)[C@H](CC(C)C)N(C)C(=O)C(CC(C)C)N(C)C(=O)CNC(=O)[C@@H](C)NC(=O)[C@@H](CC(C)C)N(C)C(=O)[C@@H](C(C)C)NC(=O)[C@H](CC(C)C)N(C)C(=O)[C@@H](C(=O)O)N(C)C1=O. The third-order valence-electron chi connectivity index (χ3n) is 17.7. The van der Waals surface area contributed by atoms with Gasteiger partial charge < -0.3 is 75.8 Å². The molecule has 12 atom stereocenters. The molecule has 0 bridgehead atoms. The van der Waals surface area contributed by atoms with Crippen molar-refractivity contribution in [3.8, 4) is 0 Å². The molecule has 12 amide bonds. The van der Waals surface area contributed by atoms with E-state index in [0.717, 1.165) is 21.7 Å². The van der Waals surface area contributed by atoms with E-state index in [1.165, 1.54) is 70.8 Å². The number of rotatable bonds is 21. The van der Waals surface area contributed by atoms with Gasteiger partial charge in [-0.3, -0.25) is 52.7 Å². The van der Waals surface area contributed by atoms with Crippen molar-refractivity contribution >= 4 is 77.0 Å². The largest absolute Gasteiger partial charge is 0.479 e. The van der Waals surface area contributed by atoms with Gasteiger partial charge in [0.25, 0.3) is 5.91 Å². The lowest BCUT2D eigenvalue weighted by molar-refractivity contribution is -0.160. The Bertz CT molecular complexity index is 2680. The molecule has 1 aliphatic rings. The number of likely N-dealkylation sites (N-methyl/N-ethyl adjacent to an activating group) is 7. The Morgan fingerprint density at radius 3 is 1.42 bits per heavy atom. The number of alkyl carbamates (subject to hydrolysis) is 1. The molecule has 0 aromatic carbocycles. The van der Waals surface area contributed by atoms with Crippen molar-refractivity contribution in [3.05, 3.63) is 0 Å². The molecule has 97 heavy (non-hydrogen) atoms. The van der Waals surface area contributed by atoms with Gasteiger partial charge in [-0.25, -0.2) is 9.59 Å². The minimum Gasteiger partial charge on any atom is -0.479 e. The number of hydrogen-bond donors (Lipinski definition) is 7. The fourth-order valence-electron chi connectivity index (χ4n) is 11.9. The number of nitrogens with one attached hydrogen (secondary N) is 5. The van der Waals surface area contributed by atoms with Crippen molar-refractivity contribution < 1.29 is 77.3 Å². The van der Waals surface area contributed by atoms with Gasteiger partial charge in [-0.1, -0.05) is 116 Å². The Morgan fingerprint density at radius 2 is 0.959 bits per heavy atom. The third-order valence-corrected chi connectivity index (χ3v) is 17.7. The summed E-state index contributed by atoms with van der Waals surface area (Å²) in [6.07, 6.45) is 0.661. The van der Waals surface area contributed by atoms with Crippen LogP contribution in [0.5, 0.6) is 0 Å². The number of carboxylic acids is 1. The lowest BCUT2D eigenvalue weighted by Crippen LogP contribution is -2.64. The van der Waals surface area contributed by atoms with Gasteiger partial charge in [0, 0.05) is 55.9 Å². The fraction of sp³-hybridized carbons (Fsp3) is 0.812. The second-order valence-corrected chi connectivity index (χ2v) is 29.9. The summed E-state index contributed by atoms with van der Waals surface area (Å²) in [7, 11) is 9.11. The van der Waals surface area contributed by atoms with Gasteiger partial charge in [0.2, 0.25) is 65.1 Å². The summed E-state index contributed by atoms with van der Waals surface area (Å²) in [5.41, 5.74) is -0.674. The van der Waals surface area contributed by atoms with E-state index in [1.54, 1.807) is 69.2 Å². The van der Waals surface area contributed by atoms with Crippen LogP contribution in [0.15, 0.2) is 0 Å². The van der Waals surface area contributed by atoms with Crippen molar-refractivity contribution in [3.63, 3.8) is 0 Å². The standard InChI is InChI=1S/C69H124N12O16/c1-26-46-61(88)81(25)55(67(94)95)66(93)77(21)48(34-39(4)5)59(86)74-52(42(10)11)64(91)76(20)47(33-38(2)3)58(85)72-45(15)57(84)71-37-51(82)75(19)49(35-40(6)7)62(89)78(22)50(36-41(8)9)63(90)79(23)53(43(12)13)65(92)80(24)54(60(87)73-46)56(83)44(14)31-29-27-28-30-32-70-68(96)97-69(16,17)18/h38-50,52-56,83H,26-37H2,1-25H3,(H,70,96)(H,71,84)(H,72,85)(H,73,87)(H,74,86)(H,94,95)/t44-,45-,46+,47-,48+,49?,50+,52-,53+,54?,55+,56-/m1/s1. The average molecular weight is 1380 g/mol. The molecule has 1 heterocycles. The zero-order valence-electron chi connectivity index (χ0n) is 63.1. The number of amides is 12. The maximum Gasteiger partial charge on any atom is 0.407 e. The van der Waals surface area contributed by atoms with E-state index in [4.69, 9.17) is 4.74 Å². The highest BCUT2D eigenvalue weighted by atomic mass is 16.6. The third kappa shape index (κ3) is 26.6. The van der Waals surface area contributed by atoms with E-state index in [2.05, 4.69) is 26.6 Å². The number of carbonyl (C=O) groups excluding carboxylic acids is 12. The van der Waals surface area contributed by atoms with Gasteiger partial charge in [-0.15, -0.1) is 0 Å². The molecule has 2 unspecified atom stereocenters. The van der Waals surface area contributed by atoms with E-state index < -0.39 is 173 Å². The molecule has 1 fully saturated rings. The predicted molar refractivity (Wildman–Crippen MR) is 368 cm³/mol. The topological polar surface area (TPSA) is 354 Å². The number of aliphatic hydroxyl groups excluding tert-OH is 1. The van der Waals surface area contributed by atoms with Crippen LogP contribution in [0.1, 0.15) is 189 Å². The van der Waals surface area contributed by atoms with E-state index in [9.17, 15) is 58.2 Å². The number of aliphatic hydroxyl groups is 1. The van der Waals surface area contributed by atoms with Crippen LogP contribution in [-0.4, -0.2) is 256 Å². The molecule has 0 aliphatic carbocycles. The first-order valence-electron chi connectivity index (χ1n) is 34.6. The Kier molecular flexibility index (Phi) is 36.3. The van der Waals surface area contributed by atoms with Gasteiger partial charge in [0.1, 0.15) is 60.0 Å². The summed E-state index contributed by atoms with van der Waals surface area (Å²) >= 11 is 0. The first-order valence-corrected chi connectivity index (χ1v) is 34.6. The highest BCUT2D eigenvalue weighted by molar-refractivity contribution is 6.06. The van der Waals surface area contributed by atoms with E-state index in [-0.39, 0.29) is 55.8 Å². The number of hydrogen-bond acceptors (Lipinski definition) is 15. The predicted octanol–water partition coefficient (Wildman–Crippen LogP) is 3.84. The second kappa shape index (κ2) is 40.1. The Balaban J connectivity index is 4.37. The highest BCUT2D eigenvalue weighted by Crippen LogP contribution is 2.27. The van der Waals surface area contributed by atoms with Crippen LogP contribution in [0.4, 0.5) is 4.79 Å². The molecule has 0 radical (unpaired) electrons. The zero-order chi connectivity index (χ0) is 75.2. The Hall–Kier alpha value is -7.13. The number of aliphatic carboxylic acids is 1. The molecule has 28 nitrogen and oxygen atoms in total. The lowest BCUT2D eigenvalue weighted by atomic mass is 9.90. The summed E-state index contributed by atoms with van der Waals surface area (Å²) in [5.74, 6) is -13.9. The van der Waals surface area contributed by atoms with Crippen LogP contribution >= 0.6 is 0 Å². The first-order chi connectivity index (χ1) is 44.7. The molecule has 28 heteroatoms. The number of ether oxygens (including phenoxy) is 1. The summed E-state index contributed by atoms with van der Waals surface area (Å²) in [6, 6.07) is -14.7. The van der Waals surface area contributed by atoms with Gasteiger partial charge in [-0.05, 0) is 114 Å². The molecule has 0 aromatic rings. The molecule has 556 valence electrons. The summed E-state index contributed by atoms with van der Waals surface area (Å²) < 4.78 is 5.32. The monoisotopic (exact) mass is 1380 g/mol. The minimum atomic E-state index is -2.30. The molecule has 0 aromatic heterocycles. The smallest absolute Gasteiger partial charge is 0.407 e. The lowest BCUT2D eigenvalue weighted by Gasteiger charge is -2.41. The molecule has 0 saturated carbocycles. The Labute approximate surface area is 577 Å². The number of carboxylic acid groups (broad SMARTS) is 1. The van der Waals surface area contributed by atoms with Gasteiger partial charge in [-0.2, -0.15) is 0 Å². The van der Waals surface area contributed by atoms with Gasteiger partial charge >= 0.3 is 12.1 Å². The molecular weight excluding hydrogens is 1250 g/mol. The van der Waals surface area contributed by atoms with E-state index in [1.807, 2.05) is 41.5 Å². The second-order valence-electron chi connectivity index (χ2n) is 29.9. The molecule has 1 rings (SSSR count). The van der Waals surface area contributed by atoms with Crippen LogP contribution in [0.25, 0.3) is 0 Å². The van der Waals surface area contributed by atoms with Gasteiger partial charge in [0.05, 0.1) is 12.6 Å². The van der Waals surface area contributed by atoms with E-state index >= 15 is 14.4 Å². The highest BCUT2D eigenvalue weighted by Gasteiger charge is 2.47. The van der Waals surface area contributed by atoms with Crippen molar-refractivity contribution in [2.45, 2.75) is 261 Å². The van der Waals surface area contributed by atoms with Crippen molar-refractivity contribution in [2.24, 2.45) is 41.4 Å². The normalized spacial score (nSPS) is 25.0. The summed E-state index contributed by atoms with van der Waals surface area (Å²) in [4.78, 5) is 195. The number of carbonyl (C=O) groups is 13. The van der Waals surface area contributed by atoms with Crippen LogP contribution in [0.2, 0.25) is 0 Å². The van der Waals surface area contributed by atoms with E-state index in [0.29, 0.717) is 43.5 Å².